The fraction of sp³-hybridized carbons (Fsp3) is 0.222. The van der Waals surface area contributed by atoms with Crippen molar-refractivity contribution in [2.75, 3.05) is 11.4 Å². The molecule has 0 spiro atoms. The minimum absolute atomic E-state index is 0.00291. The van der Waals surface area contributed by atoms with Crippen molar-refractivity contribution in [2.24, 2.45) is 0 Å². The maximum Gasteiger partial charge on any atom is 0.267 e. The molecule has 0 radical (unpaired) electrons. The largest absolute Gasteiger partial charge is 0.312 e. The van der Waals surface area contributed by atoms with Crippen LogP contribution in [0.4, 0.5) is 5.69 Å². The van der Waals surface area contributed by atoms with E-state index in [1.54, 1.807) is 42.3 Å². The summed E-state index contributed by atoms with van der Waals surface area (Å²) in [6.45, 7) is 5.93. The molecule has 1 aliphatic rings. The van der Waals surface area contributed by atoms with Crippen molar-refractivity contribution in [2.45, 2.75) is 37.6 Å². The summed E-state index contributed by atoms with van der Waals surface area (Å²) in [5.74, 6) is 0.402. The number of rotatable bonds is 5. The number of ketones is 1. The number of carbonyl (C=O) groups excluding carboxylic acids is 2. The van der Waals surface area contributed by atoms with Crippen LogP contribution in [0.5, 0.6) is 0 Å². The van der Waals surface area contributed by atoms with Crippen LogP contribution in [-0.2, 0) is 11.2 Å². The van der Waals surface area contributed by atoms with Gasteiger partial charge < -0.3 is 4.90 Å². The van der Waals surface area contributed by atoms with Crippen molar-refractivity contribution in [1.29, 1.82) is 0 Å². The minimum Gasteiger partial charge on any atom is -0.312 e. The van der Waals surface area contributed by atoms with Crippen molar-refractivity contribution in [3.05, 3.63) is 87.8 Å². The van der Waals surface area contributed by atoms with Crippen LogP contribution < -0.4 is 10.5 Å². The lowest BCUT2D eigenvalue weighted by atomic mass is 10.0. The first-order valence-corrected chi connectivity index (χ1v) is 12.3. The van der Waals surface area contributed by atoms with Crippen molar-refractivity contribution >= 4 is 40.0 Å². The number of fused-ring (bicyclic) bond motifs is 2. The number of anilines is 1. The number of hydrogen-bond donors (Lipinski definition) is 0. The Morgan fingerprint density at radius 1 is 1.09 bits per heavy atom. The van der Waals surface area contributed by atoms with Gasteiger partial charge in [-0.15, -0.1) is 0 Å². The number of thioether (sulfide) groups is 1. The van der Waals surface area contributed by atoms with Gasteiger partial charge in [-0.05, 0) is 73.9 Å². The number of hydrogen-bond acceptors (Lipinski definition) is 6. The summed E-state index contributed by atoms with van der Waals surface area (Å²) in [4.78, 5) is 49.5. The second-order valence-electron chi connectivity index (χ2n) is 8.63. The van der Waals surface area contributed by atoms with Gasteiger partial charge in [-0.25, -0.2) is 14.5 Å². The first-order valence-electron chi connectivity index (χ1n) is 11.4. The van der Waals surface area contributed by atoms with Crippen LogP contribution in [0.15, 0.2) is 70.7 Å². The molecule has 8 heteroatoms. The lowest BCUT2D eigenvalue weighted by Gasteiger charge is -2.17. The van der Waals surface area contributed by atoms with E-state index < -0.39 is 5.25 Å². The highest BCUT2D eigenvalue weighted by molar-refractivity contribution is 8.00. The molecule has 0 saturated carbocycles. The minimum atomic E-state index is -0.498. The Bertz CT molecular complexity index is 1550. The van der Waals surface area contributed by atoms with Crippen molar-refractivity contribution in [1.82, 2.24) is 14.5 Å². The molecule has 5 rings (SSSR count). The van der Waals surface area contributed by atoms with Crippen molar-refractivity contribution in [3.63, 3.8) is 0 Å². The predicted octanol–water partition coefficient (Wildman–Crippen LogP) is 4.36. The first kappa shape index (κ1) is 23.0. The van der Waals surface area contributed by atoms with Crippen LogP contribution >= 0.6 is 11.8 Å². The van der Waals surface area contributed by atoms with Gasteiger partial charge >= 0.3 is 0 Å². The van der Waals surface area contributed by atoms with E-state index in [9.17, 15) is 14.4 Å². The summed E-state index contributed by atoms with van der Waals surface area (Å²) in [5, 5.41) is 0.409. The van der Waals surface area contributed by atoms with E-state index >= 15 is 0 Å². The van der Waals surface area contributed by atoms with Crippen LogP contribution in [0.1, 0.15) is 35.3 Å². The summed E-state index contributed by atoms with van der Waals surface area (Å²) in [5.41, 5.74) is 3.76. The summed E-state index contributed by atoms with van der Waals surface area (Å²) in [6.07, 6.45) is 2.38. The van der Waals surface area contributed by atoms with Gasteiger partial charge in [0.1, 0.15) is 5.82 Å². The van der Waals surface area contributed by atoms with E-state index in [2.05, 4.69) is 4.98 Å². The molecule has 0 bridgehead atoms. The van der Waals surface area contributed by atoms with Crippen LogP contribution in [-0.4, -0.2) is 38.0 Å². The van der Waals surface area contributed by atoms with Gasteiger partial charge in [0.2, 0.25) is 5.91 Å². The number of nitrogens with zero attached hydrogens (tertiary/aromatic N) is 4. The third kappa shape index (κ3) is 4.25. The molecule has 7 nitrogen and oxygen atoms in total. The second-order valence-corrected chi connectivity index (χ2v) is 9.94. The molecule has 0 fully saturated rings. The molecule has 0 aliphatic carbocycles. The van der Waals surface area contributed by atoms with E-state index in [4.69, 9.17) is 4.98 Å². The number of carbonyl (C=O) groups is 2. The Morgan fingerprint density at radius 2 is 1.89 bits per heavy atom. The molecule has 2 aromatic carbocycles. The van der Waals surface area contributed by atoms with Gasteiger partial charge in [0.25, 0.3) is 5.56 Å². The highest BCUT2D eigenvalue weighted by atomic mass is 32.2. The average Bonchev–Trinajstić information content (AvgIpc) is 3.27. The monoisotopic (exact) mass is 484 g/mol. The SMILES string of the molecule is CC(=O)N1CCc2cc(C(=O)C(C)Sc3nc4ccccc4c(=O)n3-c3cc(C)ccn3)ccc21. The Balaban J connectivity index is 1.52. The number of para-hydroxylation sites is 1. The summed E-state index contributed by atoms with van der Waals surface area (Å²) in [7, 11) is 0. The van der Waals surface area contributed by atoms with E-state index in [-0.39, 0.29) is 17.2 Å². The fourth-order valence-corrected chi connectivity index (χ4v) is 5.36. The highest BCUT2D eigenvalue weighted by Crippen LogP contribution is 2.31. The quantitative estimate of drug-likeness (QED) is 0.238. The molecule has 4 aromatic rings. The van der Waals surface area contributed by atoms with Crippen molar-refractivity contribution in [3.8, 4) is 5.82 Å². The van der Waals surface area contributed by atoms with Gasteiger partial charge in [-0.3, -0.25) is 14.4 Å². The molecule has 1 amide bonds. The zero-order valence-corrected chi connectivity index (χ0v) is 20.5. The van der Waals surface area contributed by atoms with Gasteiger partial charge in [-0.2, -0.15) is 0 Å². The number of Topliss-reactive ketones (excluding diaryl/α,β-unsaturated/α-hetero) is 1. The molecular weight excluding hydrogens is 460 g/mol. The Labute approximate surface area is 206 Å². The van der Waals surface area contributed by atoms with Crippen LogP contribution in [0.2, 0.25) is 0 Å². The molecule has 2 aromatic heterocycles. The number of aromatic nitrogens is 3. The van der Waals surface area contributed by atoms with Crippen LogP contribution in [0.25, 0.3) is 16.7 Å². The fourth-order valence-electron chi connectivity index (χ4n) is 4.36. The Morgan fingerprint density at radius 3 is 2.66 bits per heavy atom. The molecule has 0 N–H and O–H groups in total. The summed E-state index contributed by atoms with van der Waals surface area (Å²) >= 11 is 1.24. The number of aryl methyl sites for hydroxylation is 1. The van der Waals surface area contributed by atoms with Crippen molar-refractivity contribution < 1.29 is 9.59 Å². The number of amides is 1. The van der Waals surface area contributed by atoms with Crippen LogP contribution in [0, 0.1) is 6.92 Å². The van der Waals surface area contributed by atoms with E-state index in [1.165, 1.54) is 16.3 Å². The maximum absolute atomic E-state index is 13.4. The topological polar surface area (TPSA) is 85.2 Å². The third-order valence-electron chi connectivity index (χ3n) is 6.17. The zero-order chi connectivity index (χ0) is 24.7. The normalized spacial score (nSPS) is 13.6. The predicted molar refractivity (Wildman–Crippen MR) is 138 cm³/mol. The van der Waals surface area contributed by atoms with Gasteiger partial charge in [0, 0.05) is 30.9 Å². The molecule has 1 unspecified atom stereocenters. The van der Waals surface area contributed by atoms with Gasteiger partial charge in [0.05, 0.1) is 16.2 Å². The Hall–Kier alpha value is -3.78. The summed E-state index contributed by atoms with van der Waals surface area (Å²) < 4.78 is 1.48. The zero-order valence-electron chi connectivity index (χ0n) is 19.7. The average molecular weight is 485 g/mol. The standard InChI is InChI=1S/C27H24N4O3S/c1-16-10-12-28-24(14-16)31-26(34)21-6-4-5-7-22(21)29-27(31)35-17(2)25(33)20-8-9-23-19(15-20)11-13-30(23)18(3)32/h4-10,12,14-15,17H,11,13H2,1-3H3. The third-order valence-corrected chi connectivity index (χ3v) is 7.22. The molecule has 0 saturated heterocycles. The lowest BCUT2D eigenvalue weighted by molar-refractivity contribution is -0.116. The molecule has 1 atom stereocenters. The maximum atomic E-state index is 13.4. The first-order chi connectivity index (χ1) is 16.8. The smallest absolute Gasteiger partial charge is 0.267 e. The molecule has 176 valence electrons. The highest BCUT2D eigenvalue weighted by Gasteiger charge is 2.26. The molecular formula is C27H24N4O3S. The lowest BCUT2D eigenvalue weighted by Crippen LogP contribution is -2.25. The van der Waals surface area contributed by atoms with Gasteiger partial charge in [-0.1, -0.05) is 23.9 Å². The molecule has 3 heterocycles. The Kier molecular flexibility index (Phi) is 5.98. The van der Waals surface area contributed by atoms with Gasteiger partial charge in [0.15, 0.2) is 10.9 Å². The summed E-state index contributed by atoms with van der Waals surface area (Å²) in [6, 6.07) is 16.4. The van der Waals surface area contributed by atoms with E-state index in [1.807, 2.05) is 44.2 Å². The molecule has 1 aliphatic heterocycles. The number of benzene rings is 2. The molecule has 35 heavy (non-hydrogen) atoms. The second kappa shape index (κ2) is 9.11. The van der Waals surface area contributed by atoms with E-state index in [0.29, 0.717) is 34.0 Å². The van der Waals surface area contributed by atoms with E-state index in [0.717, 1.165) is 23.2 Å². The van der Waals surface area contributed by atoms with Crippen LogP contribution in [0.3, 0.4) is 0 Å². The number of pyridine rings is 1.